The van der Waals surface area contributed by atoms with Crippen LogP contribution in [0.5, 0.6) is 0 Å². The van der Waals surface area contributed by atoms with E-state index in [4.69, 9.17) is 0 Å². The molecular weight excluding hydrogens is 230 g/mol. The van der Waals surface area contributed by atoms with Gasteiger partial charge >= 0.3 is 0 Å². The average molecular weight is 247 g/mol. The van der Waals surface area contributed by atoms with Gasteiger partial charge in [-0.3, -0.25) is 9.59 Å². The van der Waals surface area contributed by atoms with Gasteiger partial charge in [0.1, 0.15) is 0 Å². The third-order valence-electron chi connectivity index (χ3n) is 3.05. The van der Waals surface area contributed by atoms with E-state index in [2.05, 4.69) is 16.0 Å². The third kappa shape index (κ3) is 3.30. The molecular formula is C13H17N3O2. The van der Waals surface area contributed by atoms with Crippen LogP contribution in [0.3, 0.4) is 0 Å². The van der Waals surface area contributed by atoms with E-state index >= 15 is 0 Å². The maximum atomic E-state index is 12.0. The Hall–Kier alpha value is -1.88. The number of amides is 2. The largest absolute Gasteiger partial charge is 0.329 e. The van der Waals surface area contributed by atoms with Gasteiger partial charge in [-0.2, -0.15) is 0 Å². The van der Waals surface area contributed by atoms with E-state index < -0.39 is 0 Å². The van der Waals surface area contributed by atoms with Crippen LogP contribution >= 0.6 is 0 Å². The highest BCUT2D eigenvalue weighted by atomic mass is 16.2. The van der Waals surface area contributed by atoms with Gasteiger partial charge in [0.2, 0.25) is 12.3 Å². The zero-order valence-corrected chi connectivity index (χ0v) is 10.1. The predicted molar refractivity (Wildman–Crippen MR) is 70.4 cm³/mol. The molecule has 1 saturated heterocycles. The molecule has 5 nitrogen and oxygen atoms in total. The first kappa shape index (κ1) is 12.6. The second-order valence-electron chi connectivity index (χ2n) is 4.37. The summed E-state index contributed by atoms with van der Waals surface area (Å²) in [6.45, 7) is 1.74. The minimum Gasteiger partial charge on any atom is -0.329 e. The summed E-state index contributed by atoms with van der Waals surface area (Å²) in [7, 11) is 0. The molecule has 5 heteroatoms. The lowest BCUT2D eigenvalue weighted by atomic mass is 9.99. The van der Waals surface area contributed by atoms with E-state index in [1.807, 2.05) is 0 Å². The lowest BCUT2D eigenvalue weighted by Crippen LogP contribution is -2.37. The Morgan fingerprint density at radius 2 is 2.00 bits per heavy atom. The van der Waals surface area contributed by atoms with Crippen molar-refractivity contribution in [2.75, 3.05) is 23.7 Å². The average Bonchev–Trinajstić information content (AvgIpc) is 2.42. The fourth-order valence-corrected chi connectivity index (χ4v) is 2.04. The normalized spacial score (nSPS) is 19.0. The van der Waals surface area contributed by atoms with Crippen molar-refractivity contribution in [2.45, 2.75) is 12.8 Å². The minimum atomic E-state index is 0.0477. The Balaban J connectivity index is 1.91. The Bertz CT molecular complexity index is 411. The van der Waals surface area contributed by atoms with E-state index in [9.17, 15) is 9.59 Å². The molecule has 96 valence electrons. The summed E-state index contributed by atoms with van der Waals surface area (Å²) in [6, 6.07) is 7.06. The molecule has 0 spiro atoms. The Kier molecular flexibility index (Phi) is 4.30. The zero-order chi connectivity index (χ0) is 12.8. The van der Waals surface area contributed by atoms with Crippen LogP contribution in [0.25, 0.3) is 0 Å². The highest BCUT2D eigenvalue weighted by Crippen LogP contribution is 2.16. The van der Waals surface area contributed by atoms with Gasteiger partial charge in [-0.25, -0.2) is 0 Å². The molecule has 1 unspecified atom stereocenters. The van der Waals surface area contributed by atoms with Crippen LogP contribution in [0.4, 0.5) is 11.4 Å². The number of nitrogens with one attached hydrogen (secondary N) is 3. The predicted octanol–water partition coefficient (Wildman–Crippen LogP) is 1.19. The number of piperidine rings is 1. The molecule has 3 N–H and O–H groups in total. The molecule has 0 radical (unpaired) electrons. The van der Waals surface area contributed by atoms with Crippen LogP contribution in [0, 0.1) is 5.92 Å². The first-order chi connectivity index (χ1) is 8.79. The number of hydrogen-bond donors (Lipinski definition) is 3. The summed E-state index contributed by atoms with van der Waals surface area (Å²) < 4.78 is 0. The molecule has 0 aliphatic carbocycles. The SMILES string of the molecule is O=CNc1ccc(NC(=O)C2CCCNC2)cc1. The number of benzene rings is 1. The number of rotatable bonds is 4. The summed E-state index contributed by atoms with van der Waals surface area (Å²) >= 11 is 0. The maximum absolute atomic E-state index is 12.0. The summed E-state index contributed by atoms with van der Waals surface area (Å²) in [5.41, 5.74) is 1.46. The molecule has 1 fully saturated rings. The van der Waals surface area contributed by atoms with E-state index in [-0.39, 0.29) is 11.8 Å². The van der Waals surface area contributed by atoms with Gasteiger partial charge in [-0.05, 0) is 43.7 Å². The van der Waals surface area contributed by atoms with E-state index in [0.717, 1.165) is 31.6 Å². The lowest BCUT2D eigenvalue weighted by molar-refractivity contribution is -0.120. The fraction of sp³-hybridized carbons (Fsp3) is 0.385. The molecule has 1 aromatic carbocycles. The Labute approximate surface area is 106 Å². The lowest BCUT2D eigenvalue weighted by Gasteiger charge is -2.21. The van der Waals surface area contributed by atoms with Gasteiger partial charge in [-0.1, -0.05) is 0 Å². The Morgan fingerprint density at radius 1 is 1.28 bits per heavy atom. The zero-order valence-electron chi connectivity index (χ0n) is 10.1. The quantitative estimate of drug-likeness (QED) is 0.700. The smallest absolute Gasteiger partial charge is 0.228 e. The van der Waals surface area contributed by atoms with Crippen LogP contribution in [-0.2, 0) is 9.59 Å². The van der Waals surface area contributed by atoms with E-state index in [1.165, 1.54) is 0 Å². The summed E-state index contributed by atoms with van der Waals surface area (Å²) in [4.78, 5) is 22.2. The topological polar surface area (TPSA) is 70.2 Å². The van der Waals surface area contributed by atoms with Crippen LogP contribution in [0.1, 0.15) is 12.8 Å². The highest BCUT2D eigenvalue weighted by molar-refractivity contribution is 5.93. The molecule has 2 amide bonds. The minimum absolute atomic E-state index is 0.0477. The van der Waals surface area contributed by atoms with Crippen LogP contribution in [-0.4, -0.2) is 25.4 Å². The maximum Gasteiger partial charge on any atom is 0.228 e. The van der Waals surface area contributed by atoms with Crippen molar-refractivity contribution in [3.05, 3.63) is 24.3 Å². The number of carbonyl (C=O) groups is 2. The van der Waals surface area contributed by atoms with E-state index in [0.29, 0.717) is 12.1 Å². The first-order valence-electron chi connectivity index (χ1n) is 6.11. The molecule has 0 bridgehead atoms. The van der Waals surface area contributed by atoms with Crippen molar-refractivity contribution in [3.63, 3.8) is 0 Å². The Morgan fingerprint density at radius 3 is 2.61 bits per heavy atom. The van der Waals surface area contributed by atoms with Crippen molar-refractivity contribution in [3.8, 4) is 0 Å². The number of hydrogen-bond acceptors (Lipinski definition) is 3. The van der Waals surface area contributed by atoms with Gasteiger partial charge in [0.05, 0.1) is 5.92 Å². The summed E-state index contributed by atoms with van der Waals surface area (Å²) in [6.07, 6.45) is 2.60. The van der Waals surface area contributed by atoms with Crippen molar-refractivity contribution < 1.29 is 9.59 Å². The first-order valence-corrected chi connectivity index (χ1v) is 6.11. The summed E-state index contributed by atoms with van der Waals surface area (Å²) in [5.74, 6) is 0.102. The highest BCUT2D eigenvalue weighted by Gasteiger charge is 2.20. The van der Waals surface area contributed by atoms with Crippen molar-refractivity contribution in [2.24, 2.45) is 5.92 Å². The molecule has 0 saturated carbocycles. The molecule has 0 aromatic heterocycles. The molecule has 1 aliphatic rings. The van der Waals surface area contributed by atoms with Crippen molar-refractivity contribution >= 4 is 23.7 Å². The van der Waals surface area contributed by atoms with Crippen LogP contribution in [0.15, 0.2) is 24.3 Å². The number of anilines is 2. The molecule has 1 aliphatic heterocycles. The van der Waals surface area contributed by atoms with Gasteiger partial charge in [0.25, 0.3) is 0 Å². The van der Waals surface area contributed by atoms with Gasteiger partial charge in [0.15, 0.2) is 0 Å². The monoisotopic (exact) mass is 247 g/mol. The molecule has 1 heterocycles. The number of carbonyl (C=O) groups excluding carboxylic acids is 2. The third-order valence-corrected chi connectivity index (χ3v) is 3.05. The van der Waals surface area contributed by atoms with Gasteiger partial charge in [-0.15, -0.1) is 0 Å². The molecule has 1 atom stereocenters. The summed E-state index contributed by atoms with van der Waals surface area (Å²) in [5, 5.41) is 8.65. The van der Waals surface area contributed by atoms with Gasteiger partial charge in [0, 0.05) is 17.9 Å². The molecule has 18 heavy (non-hydrogen) atoms. The molecule has 1 aromatic rings. The fourth-order valence-electron chi connectivity index (χ4n) is 2.04. The molecule has 2 rings (SSSR count). The second-order valence-corrected chi connectivity index (χ2v) is 4.37. The van der Waals surface area contributed by atoms with Crippen LogP contribution < -0.4 is 16.0 Å². The second kappa shape index (κ2) is 6.16. The van der Waals surface area contributed by atoms with Gasteiger partial charge < -0.3 is 16.0 Å². The van der Waals surface area contributed by atoms with E-state index in [1.54, 1.807) is 24.3 Å². The standard InChI is InChI=1S/C13H17N3O2/c17-9-15-11-3-5-12(6-4-11)16-13(18)10-2-1-7-14-8-10/h3-6,9-10,14H,1-2,7-8H2,(H,15,17)(H,16,18). The van der Waals surface area contributed by atoms with Crippen LogP contribution in [0.2, 0.25) is 0 Å². The van der Waals surface area contributed by atoms with Crippen molar-refractivity contribution in [1.82, 2.24) is 5.32 Å². The van der Waals surface area contributed by atoms with Crippen molar-refractivity contribution in [1.29, 1.82) is 0 Å².